The number of rotatable bonds is 3. The van der Waals surface area contributed by atoms with Crippen molar-refractivity contribution in [3.63, 3.8) is 0 Å². The number of aromatic amines is 1. The minimum Gasteiger partial charge on any atom is -0.348 e. The highest BCUT2D eigenvalue weighted by molar-refractivity contribution is 5.85. The molecule has 0 aliphatic carbocycles. The van der Waals surface area contributed by atoms with Crippen LogP contribution in [0.3, 0.4) is 0 Å². The van der Waals surface area contributed by atoms with Crippen molar-refractivity contribution in [2.45, 2.75) is 38.1 Å². The molecule has 0 unspecified atom stereocenters. The summed E-state index contributed by atoms with van der Waals surface area (Å²) in [5, 5.41) is 0. The molecule has 2 rings (SSSR count). The van der Waals surface area contributed by atoms with E-state index in [1.54, 1.807) is 6.33 Å². The summed E-state index contributed by atoms with van der Waals surface area (Å²) < 4.78 is 0. The quantitative estimate of drug-likeness (QED) is 0.869. The second-order valence-corrected chi connectivity index (χ2v) is 5.55. The van der Waals surface area contributed by atoms with E-state index in [1.165, 1.54) is 18.5 Å². The number of hydrogen-bond acceptors (Lipinski definition) is 3. The molecule has 0 aromatic carbocycles. The summed E-state index contributed by atoms with van der Waals surface area (Å²) in [6, 6.07) is 0. The van der Waals surface area contributed by atoms with Crippen molar-refractivity contribution in [1.82, 2.24) is 14.9 Å². The molecule has 1 saturated heterocycles. The fourth-order valence-electron chi connectivity index (χ4n) is 2.47. The largest absolute Gasteiger partial charge is 0.348 e. The molecule has 5 heteroatoms. The first kappa shape index (κ1) is 14.5. The van der Waals surface area contributed by atoms with Crippen molar-refractivity contribution in [2.75, 3.05) is 19.6 Å². The van der Waals surface area contributed by atoms with Crippen LogP contribution in [-0.2, 0) is 0 Å². The second-order valence-electron chi connectivity index (χ2n) is 5.55. The van der Waals surface area contributed by atoms with E-state index in [9.17, 15) is 0 Å². The molecule has 0 spiro atoms. The highest BCUT2D eigenvalue weighted by Crippen LogP contribution is 2.26. The summed E-state index contributed by atoms with van der Waals surface area (Å²) in [7, 11) is 0. The molecule has 1 aliphatic rings. The Morgan fingerprint density at radius 3 is 2.59 bits per heavy atom. The molecule has 0 bridgehead atoms. The number of halogens is 1. The summed E-state index contributed by atoms with van der Waals surface area (Å²) in [5.74, 6) is 0.652. The summed E-state index contributed by atoms with van der Waals surface area (Å²) in [4.78, 5) is 9.77. The first-order valence-corrected chi connectivity index (χ1v) is 6.04. The average Bonchev–Trinajstić information content (AvgIpc) is 2.69. The standard InChI is InChI=1S/C12H22N4.ClH/c1-12(2,13)8-16-5-3-10(4-6-16)11-7-14-9-15-11;/h7,9-10H,3-6,8,13H2,1-2H3,(H,14,15);1H. The number of likely N-dealkylation sites (tertiary alicyclic amines) is 1. The van der Waals surface area contributed by atoms with Crippen LogP contribution in [0.4, 0.5) is 0 Å². The fraction of sp³-hybridized carbons (Fsp3) is 0.750. The van der Waals surface area contributed by atoms with Crippen LogP contribution in [0.2, 0.25) is 0 Å². The summed E-state index contributed by atoms with van der Waals surface area (Å²) >= 11 is 0. The van der Waals surface area contributed by atoms with Gasteiger partial charge in [0.2, 0.25) is 0 Å². The Morgan fingerprint density at radius 2 is 2.12 bits per heavy atom. The number of nitrogens with one attached hydrogen (secondary N) is 1. The molecule has 0 saturated carbocycles. The fourth-order valence-corrected chi connectivity index (χ4v) is 2.47. The zero-order valence-corrected chi connectivity index (χ0v) is 11.5. The van der Waals surface area contributed by atoms with Crippen molar-refractivity contribution >= 4 is 12.4 Å². The second kappa shape index (κ2) is 5.85. The van der Waals surface area contributed by atoms with Gasteiger partial charge in [-0.1, -0.05) is 0 Å². The Morgan fingerprint density at radius 1 is 1.47 bits per heavy atom. The molecule has 0 radical (unpaired) electrons. The van der Waals surface area contributed by atoms with Crippen molar-refractivity contribution in [3.8, 4) is 0 Å². The molecular formula is C12H23ClN4. The zero-order chi connectivity index (χ0) is 11.6. The van der Waals surface area contributed by atoms with Gasteiger partial charge < -0.3 is 15.6 Å². The predicted molar refractivity (Wildman–Crippen MR) is 72.5 cm³/mol. The number of hydrogen-bond donors (Lipinski definition) is 2. The van der Waals surface area contributed by atoms with Crippen LogP contribution in [0.25, 0.3) is 0 Å². The SMILES string of the molecule is CC(C)(N)CN1CCC(c2cnc[nH]2)CC1.Cl. The summed E-state index contributed by atoms with van der Waals surface area (Å²) in [6.07, 6.45) is 6.13. The highest BCUT2D eigenvalue weighted by atomic mass is 35.5. The minimum absolute atomic E-state index is 0. The highest BCUT2D eigenvalue weighted by Gasteiger charge is 2.24. The Bertz CT molecular complexity index is 310. The predicted octanol–water partition coefficient (Wildman–Crippen LogP) is 1.75. The van der Waals surface area contributed by atoms with E-state index >= 15 is 0 Å². The summed E-state index contributed by atoms with van der Waals surface area (Å²) in [6.45, 7) is 7.46. The van der Waals surface area contributed by atoms with E-state index < -0.39 is 0 Å². The smallest absolute Gasteiger partial charge is 0.0921 e. The van der Waals surface area contributed by atoms with Crippen molar-refractivity contribution in [2.24, 2.45) is 5.73 Å². The maximum absolute atomic E-state index is 6.04. The molecule has 1 aromatic heterocycles. The van der Waals surface area contributed by atoms with Crippen LogP contribution < -0.4 is 5.73 Å². The molecule has 2 heterocycles. The minimum atomic E-state index is -0.0825. The monoisotopic (exact) mass is 258 g/mol. The lowest BCUT2D eigenvalue weighted by molar-refractivity contribution is 0.178. The zero-order valence-electron chi connectivity index (χ0n) is 10.6. The van der Waals surface area contributed by atoms with Gasteiger partial charge in [-0.05, 0) is 39.8 Å². The molecule has 98 valence electrons. The van der Waals surface area contributed by atoms with Crippen molar-refractivity contribution in [1.29, 1.82) is 0 Å². The lowest BCUT2D eigenvalue weighted by Gasteiger charge is -2.35. The molecule has 0 atom stereocenters. The van der Waals surface area contributed by atoms with Gasteiger partial charge in [0.25, 0.3) is 0 Å². The molecule has 1 aromatic rings. The molecule has 3 N–H and O–H groups in total. The normalized spacial score (nSPS) is 19.0. The molecule has 4 nitrogen and oxygen atoms in total. The van der Waals surface area contributed by atoms with E-state index in [0.29, 0.717) is 5.92 Å². The first-order chi connectivity index (χ1) is 7.54. The Hall–Kier alpha value is -0.580. The number of H-pyrrole nitrogens is 1. The van der Waals surface area contributed by atoms with Gasteiger partial charge in [-0.3, -0.25) is 0 Å². The third-order valence-corrected chi connectivity index (χ3v) is 3.18. The van der Waals surface area contributed by atoms with E-state index in [2.05, 4.69) is 28.7 Å². The van der Waals surface area contributed by atoms with E-state index in [0.717, 1.165) is 19.6 Å². The lowest BCUT2D eigenvalue weighted by atomic mass is 9.93. The Balaban J connectivity index is 0.00000144. The van der Waals surface area contributed by atoms with Gasteiger partial charge in [-0.15, -0.1) is 12.4 Å². The first-order valence-electron chi connectivity index (χ1n) is 6.04. The lowest BCUT2D eigenvalue weighted by Crippen LogP contribution is -2.47. The van der Waals surface area contributed by atoms with Crippen LogP contribution in [0, 0.1) is 0 Å². The van der Waals surface area contributed by atoms with Crippen LogP contribution in [-0.4, -0.2) is 40.0 Å². The molecule has 17 heavy (non-hydrogen) atoms. The third kappa shape index (κ3) is 4.30. The number of imidazole rings is 1. The maximum atomic E-state index is 6.04. The van der Waals surface area contributed by atoms with Gasteiger partial charge in [-0.25, -0.2) is 4.98 Å². The van der Waals surface area contributed by atoms with Crippen LogP contribution in [0.5, 0.6) is 0 Å². The van der Waals surface area contributed by atoms with E-state index in [4.69, 9.17) is 5.73 Å². The van der Waals surface area contributed by atoms with E-state index in [-0.39, 0.29) is 17.9 Å². The average molecular weight is 259 g/mol. The summed E-state index contributed by atoms with van der Waals surface area (Å²) in [5.41, 5.74) is 7.24. The number of nitrogens with zero attached hydrogens (tertiary/aromatic N) is 2. The van der Waals surface area contributed by atoms with Gasteiger partial charge in [0.1, 0.15) is 0 Å². The molecule has 1 fully saturated rings. The third-order valence-electron chi connectivity index (χ3n) is 3.18. The van der Waals surface area contributed by atoms with Gasteiger partial charge in [0.05, 0.1) is 6.33 Å². The van der Waals surface area contributed by atoms with Gasteiger partial charge in [0, 0.05) is 29.9 Å². The van der Waals surface area contributed by atoms with Crippen LogP contribution in [0.15, 0.2) is 12.5 Å². The topological polar surface area (TPSA) is 57.9 Å². The molecule has 1 aliphatic heterocycles. The maximum Gasteiger partial charge on any atom is 0.0921 e. The van der Waals surface area contributed by atoms with Gasteiger partial charge >= 0.3 is 0 Å². The van der Waals surface area contributed by atoms with Gasteiger partial charge in [-0.2, -0.15) is 0 Å². The Labute approximate surface area is 109 Å². The van der Waals surface area contributed by atoms with Gasteiger partial charge in [0.15, 0.2) is 0 Å². The van der Waals surface area contributed by atoms with Crippen LogP contribution in [0.1, 0.15) is 38.3 Å². The number of piperidine rings is 1. The number of nitrogens with two attached hydrogens (primary N) is 1. The van der Waals surface area contributed by atoms with E-state index in [1.807, 2.05) is 6.20 Å². The Kier molecular flexibility index (Phi) is 4.98. The molecule has 0 amide bonds. The molecular weight excluding hydrogens is 236 g/mol. The van der Waals surface area contributed by atoms with Crippen molar-refractivity contribution < 1.29 is 0 Å². The van der Waals surface area contributed by atoms with Crippen LogP contribution >= 0.6 is 12.4 Å². The van der Waals surface area contributed by atoms with Crippen molar-refractivity contribution in [3.05, 3.63) is 18.2 Å². The number of aromatic nitrogens is 2.